The second-order valence-corrected chi connectivity index (χ2v) is 7.20. The molecule has 0 unspecified atom stereocenters. The van der Waals surface area contributed by atoms with E-state index < -0.39 is 0 Å². The number of rotatable bonds is 3. The highest BCUT2D eigenvalue weighted by atomic mass is 32.1. The highest BCUT2D eigenvalue weighted by molar-refractivity contribution is 7.15. The van der Waals surface area contributed by atoms with Crippen LogP contribution in [0, 0.1) is 6.92 Å². The number of aryl methyl sites for hydroxylation is 1. The number of carbonyl (C=O) groups is 2. The number of hydrogen-bond acceptors (Lipinski definition) is 6. The summed E-state index contributed by atoms with van der Waals surface area (Å²) in [6.45, 7) is 3.83. The van der Waals surface area contributed by atoms with Crippen molar-refractivity contribution in [2.75, 3.05) is 26.2 Å². The third kappa shape index (κ3) is 3.03. The molecule has 0 radical (unpaired) electrons. The molecule has 0 bridgehead atoms. The van der Waals surface area contributed by atoms with Crippen molar-refractivity contribution in [3.63, 3.8) is 0 Å². The van der Waals surface area contributed by atoms with Gasteiger partial charge in [0.25, 0.3) is 11.8 Å². The minimum absolute atomic E-state index is 0.0733. The maximum atomic E-state index is 12.8. The summed E-state index contributed by atoms with van der Waals surface area (Å²) in [5.74, 6) is 0.482. The number of amides is 2. The van der Waals surface area contributed by atoms with Crippen LogP contribution >= 0.6 is 11.3 Å². The average Bonchev–Trinajstić information content (AvgIpc) is 3.41. The van der Waals surface area contributed by atoms with Crippen LogP contribution in [-0.4, -0.2) is 52.8 Å². The fourth-order valence-electron chi connectivity index (χ4n) is 2.93. The van der Waals surface area contributed by atoms with E-state index in [1.54, 1.807) is 28.2 Å². The molecule has 2 amide bonds. The van der Waals surface area contributed by atoms with Gasteiger partial charge in [-0.25, -0.2) is 4.98 Å². The SMILES string of the molecule is Cc1sc(-c2ccco2)nc1C(=O)N1CCN(C(=O)c2ccoc2)CC1. The van der Waals surface area contributed by atoms with E-state index in [1.807, 2.05) is 13.0 Å². The molecule has 1 aliphatic heterocycles. The number of carbonyl (C=O) groups excluding carboxylic acids is 2. The molecule has 4 heterocycles. The summed E-state index contributed by atoms with van der Waals surface area (Å²) in [6.07, 6.45) is 4.51. The monoisotopic (exact) mass is 371 g/mol. The molecule has 0 saturated carbocycles. The topological polar surface area (TPSA) is 79.8 Å². The zero-order chi connectivity index (χ0) is 18.1. The number of hydrogen-bond donors (Lipinski definition) is 0. The van der Waals surface area contributed by atoms with E-state index in [0.29, 0.717) is 48.2 Å². The third-order valence-electron chi connectivity index (χ3n) is 4.35. The van der Waals surface area contributed by atoms with Crippen LogP contribution in [0.3, 0.4) is 0 Å². The van der Waals surface area contributed by atoms with Gasteiger partial charge in [0.1, 0.15) is 12.0 Å². The molecule has 134 valence electrons. The lowest BCUT2D eigenvalue weighted by atomic mass is 10.2. The predicted octanol–water partition coefficient (Wildman–Crippen LogP) is 2.90. The average molecular weight is 371 g/mol. The maximum absolute atomic E-state index is 12.8. The van der Waals surface area contributed by atoms with Crippen molar-refractivity contribution in [1.82, 2.24) is 14.8 Å². The van der Waals surface area contributed by atoms with Gasteiger partial charge in [-0.2, -0.15) is 0 Å². The molecule has 7 nitrogen and oxygen atoms in total. The lowest BCUT2D eigenvalue weighted by Gasteiger charge is -2.34. The van der Waals surface area contributed by atoms with Crippen molar-refractivity contribution in [2.45, 2.75) is 6.92 Å². The zero-order valence-corrected chi connectivity index (χ0v) is 15.0. The Morgan fingerprint density at radius 1 is 1.08 bits per heavy atom. The molecule has 3 aromatic rings. The first kappa shape index (κ1) is 16.6. The van der Waals surface area contributed by atoms with Gasteiger partial charge in [0.2, 0.25) is 0 Å². The van der Waals surface area contributed by atoms with Crippen molar-refractivity contribution in [3.8, 4) is 10.8 Å². The fraction of sp³-hybridized carbons (Fsp3) is 0.278. The van der Waals surface area contributed by atoms with Crippen LogP contribution in [0.1, 0.15) is 25.7 Å². The van der Waals surface area contributed by atoms with Crippen LogP contribution in [0.5, 0.6) is 0 Å². The number of furan rings is 2. The minimum atomic E-state index is -0.105. The summed E-state index contributed by atoms with van der Waals surface area (Å²) < 4.78 is 10.3. The summed E-state index contributed by atoms with van der Waals surface area (Å²) in [7, 11) is 0. The Labute approximate surface area is 153 Å². The Kier molecular flexibility index (Phi) is 4.34. The number of thiazole rings is 1. The second-order valence-electron chi connectivity index (χ2n) is 6.00. The largest absolute Gasteiger partial charge is 0.472 e. The Bertz CT molecular complexity index is 907. The Morgan fingerprint density at radius 2 is 1.81 bits per heavy atom. The summed E-state index contributed by atoms with van der Waals surface area (Å²) in [6, 6.07) is 5.27. The Hall–Kier alpha value is -2.87. The molecular formula is C18H17N3O4S. The maximum Gasteiger partial charge on any atom is 0.273 e. The summed E-state index contributed by atoms with van der Waals surface area (Å²) >= 11 is 1.44. The summed E-state index contributed by atoms with van der Waals surface area (Å²) in [4.78, 5) is 34.0. The summed E-state index contributed by atoms with van der Waals surface area (Å²) in [5, 5.41) is 0.699. The highest BCUT2D eigenvalue weighted by Crippen LogP contribution is 2.28. The van der Waals surface area contributed by atoms with E-state index in [0.717, 1.165) is 4.88 Å². The molecule has 1 fully saturated rings. The van der Waals surface area contributed by atoms with E-state index in [4.69, 9.17) is 8.83 Å². The standard InChI is InChI=1S/C18H17N3O4S/c1-12-15(19-16(26-12)14-3-2-9-25-14)18(23)21-7-5-20(6-8-21)17(22)13-4-10-24-11-13/h2-4,9-11H,5-8H2,1H3. The second kappa shape index (κ2) is 6.80. The Balaban J connectivity index is 1.43. The third-order valence-corrected chi connectivity index (χ3v) is 5.34. The van der Waals surface area contributed by atoms with Crippen LogP contribution in [0.4, 0.5) is 0 Å². The first-order chi connectivity index (χ1) is 12.6. The molecule has 1 aliphatic rings. The van der Waals surface area contributed by atoms with Crippen molar-refractivity contribution in [3.05, 3.63) is 53.1 Å². The van der Waals surface area contributed by atoms with E-state index in [9.17, 15) is 9.59 Å². The van der Waals surface area contributed by atoms with Gasteiger partial charge in [0.15, 0.2) is 10.8 Å². The zero-order valence-electron chi connectivity index (χ0n) is 14.2. The highest BCUT2D eigenvalue weighted by Gasteiger charge is 2.28. The molecule has 1 saturated heterocycles. The van der Waals surface area contributed by atoms with Crippen molar-refractivity contribution in [1.29, 1.82) is 0 Å². The molecule has 4 rings (SSSR count). The molecule has 3 aromatic heterocycles. The van der Waals surface area contributed by atoms with Crippen LogP contribution < -0.4 is 0 Å². The molecule has 0 N–H and O–H groups in total. The van der Waals surface area contributed by atoms with Gasteiger partial charge in [-0.3, -0.25) is 9.59 Å². The molecule has 0 aromatic carbocycles. The summed E-state index contributed by atoms with van der Waals surface area (Å²) in [5.41, 5.74) is 0.985. The van der Waals surface area contributed by atoms with Crippen molar-refractivity contribution in [2.24, 2.45) is 0 Å². The Morgan fingerprint density at radius 3 is 2.42 bits per heavy atom. The van der Waals surface area contributed by atoms with E-state index in [1.165, 1.54) is 23.9 Å². The number of nitrogens with zero attached hydrogens (tertiary/aromatic N) is 3. The van der Waals surface area contributed by atoms with Crippen LogP contribution in [-0.2, 0) is 0 Å². The van der Waals surface area contributed by atoms with Crippen molar-refractivity contribution >= 4 is 23.2 Å². The minimum Gasteiger partial charge on any atom is -0.472 e. The molecule has 26 heavy (non-hydrogen) atoms. The van der Waals surface area contributed by atoms with Crippen LogP contribution in [0.15, 0.2) is 45.8 Å². The van der Waals surface area contributed by atoms with Gasteiger partial charge in [0.05, 0.1) is 18.1 Å². The molecule has 0 spiro atoms. The molecule has 8 heteroatoms. The number of aromatic nitrogens is 1. The lowest BCUT2D eigenvalue weighted by Crippen LogP contribution is -2.50. The first-order valence-electron chi connectivity index (χ1n) is 8.25. The van der Waals surface area contributed by atoms with E-state index in [2.05, 4.69) is 4.98 Å². The van der Waals surface area contributed by atoms with Gasteiger partial charge >= 0.3 is 0 Å². The van der Waals surface area contributed by atoms with Gasteiger partial charge in [-0.1, -0.05) is 0 Å². The van der Waals surface area contributed by atoms with E-state index >= 15 is 0 Å². The first-order valence-corrected chi connectivity index (χ1v) is 9.07. The number of piperazine rings is 1. The molecule has 0 aliphatic carbocycles. The lowest BCUT2D eigenvalue weighted by molar-refractivity contribution is 0.0532. The fourth-order valence-corrected chi connectivity index (χ4v) is 3.80. The van der Waals surface area contributed by atoms with Gasteiger partial charge in [0, 0.05) is 31.1 Å². The quantitative estimate of drug-likeness (QED) is 0.707. The van der Waals surface area contributed by atoms with Gasteiger partial charge < -0.3 is 18.6 Å². The van der Waals surface area contributed by atoms with Crippen LogP contribution in [0.25, 0.3) is 10.8 Å². The smallest absolute Gasteiger partial charge is 0.273 e. The van der Waals surface area contributed by atoms with E-state index in [-0.39, 0.29) is 11.8 Å². The van der Waals surface area contributed by atoms with Crippen LogP contribution in [0.2, 0.25) is 0 Å². The molecular weight excluding hydrogens is 354 g/mol. The predicted molar refractivity (Wildman–Crippen MR) is 95.1 cm³/mol. The van der Waals surface area contributed by atoms with Gasteiger partial charge in [-0.05, 0) is 25.1 Å². The molecule has 0 atom stereocenters. The van der Waals surface area contributed by atoms with Crippen molar-refractivity contribution < 1.29 is 18.4 Å². The normalized spacial score (nSPS) is 14.7. The van der Waals surface area contributed by atoms with Gasteiger partial charge in [-0.15, -0.1) is 11.3 Å².